The highest BCUT2D eigenvalue weighted by Crippen LogP contribution is 2.33. The molecule has 9 heteroatoms. The zero-order valence-electron chi connectivity index (χ0n) is 20.1. The van der Waals surface area contributed by atoms with Gasteiger partial charge in [-0.05, 0) is 47.9 Å². The number of hydrogen-bond donors (Lipinski definition) is 1. The molecule has 0 radical (unpaired) electrons. The standard InChI is InChI=1S/C28H27F4N3O2/c29-23-10-11-25(28(30,31)32)24(18-23)27(37)35-16-14-34(15-17-35)26(36)19-33-13-12-20-6-8-22(9-7-20)21-4-2-1-3-5-21/h1-11,18,33H,12-17,19H2. The number of benzene rings is 3. The molecule has 0 bridgehead atoms. The third-order valence-corrected chi connectivity index (χ3v) is 6.36. The Hall–Kier alpha value is -3.72. The van der Waals surface area contributed by atoms with Gasteiger partial charge in [0.25, 0.3) is 5.91 Å². The van der Waals surface area contributed by atoms with Crippen LogP contribution in [0.4, 0.5) is 17.6 Å². The number of rotatable bonds is 7. The summed E-state index contributed by atoms with van der Waals surface area (Å²) in [7, 11) is 0. The van der Waals surface area contributed by atoms with Gasteiger partial charge in [-0.3, -0.25) is 9.59 Å². The molecular weight excluding hydrogens is 486 g/mol. The molecule has 1 aliphatic rings. The van der Waals surface area contributed by atoms with Crippen LogP contribution in [-0.4, -0.2) is 60.9 Å². The van der Waals surface area contributed by atoms with Gasteiger partial charge in [-0.15, -0.1) is 0 Å². The molecule has 194 valence electrons. The summed E-state index contributed by atoms with van der Waals surface area (Å²) >= 11 is 0. The number of nitrogens with zero attached hydrogens (tertiary/aromatic N) is 2. The van der Waals surface area contributed by atoms with Gasteiger partial charge in [-0.25, -0.2) is 4.39 Å². The van der Waals surface area contributed by atoms with Gasteiger partial charge in [0.05, 0.1) is 17.7 Å². The molecule has 1 saturated heterocycles. The Bertz CT molecular complexity index is 1220. The number of halogens is 4. The van der Waals surface area contributed by atoms with E-state index in [1.54, 1.807) is 4.90 Å². The minimum absolute atomic E-state index is 0.0755. The van der Waals surface area contributed by atoms with E-state index in [1.165, 1.54) is 4.90 Å². The number of carbonyl (C=O) groups is 2. The summed E-state index contributed by atoms with van der Waals surface area (Å²) in [5.41, 5.74) is 1.54. The smallest absolute Gasteiger partial charge is 0.338 e. The third-order valence-electron chi connectivity index (χ3n) is 6.36. The van der Waals surface area contributed by atoms with E-state index in [1.807, 2.05) is 18.2 Å². The quantitative estimate of drug-likeness (QED) is 0.370. The van der Waals surface area contributed by atoms with Gasteiger partial charge in [-0.2, -0.15) is 13.2 Å². The summed E-state index contributed by atoms with van der Waals surface area (Å²) in [4.78, 5) is 28.0. The fourth-order valence-electron chi connectivity index (χ4n) is 4.30. The lowest BCUT2D eigenvalue weighted by Gasteiger charge is -2.35. The van der Waals surface area contributed by atoms with Crippen molar-refractivity contribution < 1.29 is 27.2 Å². The largest absolute Gasteiger partial charge is 0.417 e. The van der Waals surface area contributed by atoms with Gasteiger partial charge >= 0.3 is 6.18 Å². The molecular formula is C28H27F4N3O2. The maximum absolute atomic E-state index is 13.6. The third kappa shape index (κ3) is 6.74. The SMILES string of the molecule is O=C(CNCCc1ccc(-c2ccccc2)cc1)N1CCN(C(=O)c2cc(F)ccc2C(F)(F)F)CC1. The van der Waals surface area contributed by atoms with Gasteiger partial charge in [0.15, 0.2) is 0 Å². The topological polar surface area (TPSA) is 52.7 Å². The molecule has 1 fully saturated rings. The average Bonchev–Trinajstić information content (AvgIpc) is 2.91. The highest BCUT2D eigenvalue weighted by molar-refractivity contribution is 5.96. The summed E-state index contributed by atoms with van der Waals surface area (Å²) < 4.78 is 53.4. The summed E-state index contributed by atoms with van der Waals surface area (Å²) in [6, 6.07) is 20.2. The molecule has 0 spiro atoms. The monoisotopic (exact) mass is 513 g/mol. The lowest BCUT2D eigenvalue weighted by molar-refractivity contribution is -0.138. The summed E-state index contributed by atoms with van der Waals surface area (Å²) in [6.07, 6.45) is -4.02. The molecule has 1 aliphatic heterocycles. The first-order valence-electron chi connectivity index (χ1n) is 12.0. The van der Waals surface area contributed by atoms with Gasteiger partial charge in [0.1, 0.15) is 5.82 Å². The molecule has 37 heavy (non-hydrogen) atoms. The van der Waals surface area contributed by atoms with Crippen molar-refractivity contribution in [1.82, 2.24) is 15.1 Å². The average molecular weight is 514 g/mol. The van der Waals surface area contributed by atoms with Crippen LogP contribution in [0.25, 0.3) is 11.1 Å². The van der Waals surface area contributed by atoms with Gasteiger partial charge in [-0.1, -0.05) is 54.6 Å². The molecule has 2 amide bonds. The fourth-order valence-corrected chi connectivity index (χ4v) is 4.30. The Labute approximate surface area is 212 Å². The Morgan fingerprint density at radius 1 is 0.811 bits per heavy atom. The van der Waals surface area contributed by atoms with E-state index < -0.39 is 29.0 Å². The Morgan fingerprint density at radius 2 is 1.43 bits per heavy atom. The minimum atomic E-state index is -4.77. The number of nitrogens with one attached hydrogen (secondary N) is 1. The van der Waals surface area contributed by atoms with Crippen LogP contribution >= 0.6 is 0 Å². The Morgan fingerprint density at radius 3 is 2.08 bits per heavy atom. The summed E-state index contributed by atoms with van der Waals surface area (Å²) in [5, 5.41) is 3.13. The molecule has 0 aliphatic carbocycles. The second kappa shape index (κ2) is 11.6. The lowest BCUT2D eigenvalue weighted by atomic mass is 10.0. The number of hydrogen-bond acceptors (Lipinski definition) is 3. The van der Waals surface area contributed by atoms with Crippen LogP contribution in [0.2, 0.25) is 0 Å². The molecule has 0 aromatic heterocycles. The maximum atomic E-state index is 13.6. The predicted molar refractivity (Wildman–Crippen MR) is 132 cm³/mol. The first-order chi connectivity index (χ1) is 17.7. The van der Waals surface area contributed by atoms with Crippen LogP contribution in [0.15, 0.2) is 72.8 Å². The molecule has 4 rings (SSSR count). The molecule has 3 aromatic carbocycles. The molecule has 5 nitrogen and oxygen atoms in total. The normalized spacial score (nSPS) is 14.1. The lowest BCUT2D eigenvalue weighted by Crippen LogP contribution is -2.52. The highest BCUT2D eigenvalue weighted by atomic mass is 19.4. The van der Waals surface area contributed by atoms with Crippen molar-refractivity contribution >= 4 is 11.8 Å². The van der Waals surface area contributed by atoms with Crippen molar-refractivity contribution in [3.8, 4) is 11.1 Å². The van der Waals surface area contributed by atoms with Crippen molar-refractivity contribution in [2.75, 3.05) is 39.3 Å². The van der Waals surface area contributed by atoms with Gasteiger partial charge < -0.3 is 15.1 Å². The zero-order chi connectivity index (χ0) is 26.4. The van der Waals surface area contributed by atoms with E-state index in [-0.39, 0.29) is 38.6 Å². The number of amides is 2. The van der Waals surface area contributed by atoms with E-state index in [0.29, 0.717) is 24.7 Å². The molecule has 1 N–H and O–H groups in total. The molecule has 1 heterocycles. The van der Waals surface area contributed by atoms with Crippen LogP contribution in [0.1, 0.15) is 21.5 Å². The first kappa shape index (κ1) is 26.3. The van der Waals surface area contributed by atoms with Crippen LogP contribution in [0, 0.1) is 5.82 Å². The van der Waals surface area contributed by atoms with Gasteiger partial charge in [0.2, 0.25) is 5.91 Å². The molecule has 0 saturated carbocycles. The number of carbonyl (C=O) groups excluding carboxylic acids is 2. The predicted octanol–water partition coefficient (Wildman–Crippen LogP) is 4.63. The van der Waals surface area contributed by atoms with Crippen molar-refractivity contribution in [3.05, 3.63) is 95.3 Å². The van der Waals surface area contributed by atoms with Crippen LogP contribution in [0.3, 0.4) is 0 Å². The first-order valence-corrected chi connectivity index (χ1v) is 12.0. The van der Waals surface area contributed by atoms with E-state index >= 15 is 0 Å². The van der Waals surface area contributed by atoms with Crippen LogP contribution in [0.5, 0.6) is 0 Å². The molecule has 0 unspecified atom stereocenters. The van der Waals surface area contributed by atoms with E-state index in [0.717, 1.165) is 23.1 Å². The second-order valence-corrected chi connectivity index (χ2v) is 8.85. The van der Waals surface area contributed by atoms with E-state index in [4.69, 9.17) is 0 Å². The van der Waals surface area contributed by atoms with Crippen molar-refractivity contribution in [3.63, 3.8) is 0 Å². The number of alkyl halides is 3. The summed E-state index contributed by atoms with van der Waals surface area (Å²) in [6.45, 7) is 1.28. The number of piperazine rings is 1. The van der Waals surface area contributed by atoms with Crippen molar-refractivity contribution in [2.24, 2.45) is 0 Å². The maximum Gasteiger partial charge on any atom is 0.417 e. The fraction of sp³-hybridized carbons (Fsp3) is 0.286. The Balaban J connectivity index is 1.22. The minimum Gasteiger partial charge on any atom is -0.338 e. The highest BCUT2D eigenvalue weighted by Gasteiger charge is 2.37. The summed E-state index contributed by atoms with van der Waals surface area (Å²) in [5.74, 6) is -1.95. The zero-order valence-corrected chi connectivity index (χ0v) is 20.1. The van der Waals surface area contributed by atoms with E-state index in [2.05, 4.69) is 41.7 Å². The van der Waals surface area contributed by atoms with Crippen LogP contribution < -0.4 is 5.32 Å². The van der Waals surface area contributed by atoms with Crippen molar-refractivity contribution in [1.29, 1.82) is 0 Å². The van der Waals surface area contributed by atoms with Gasteiger partial charge in [0, 0.05) is 26.2 Å². The second-order valence-electron chi connectivity index (χ2n) is 8.85. The van der Waals surface area contributed by atoms with E-state index in [9.17, 15) is 27.2 Å². The molecule has 0 atom stereocenters. The Kier molecular flexibility index (Phi) is 8.23. The van der Waals surface area contributed by atoms with Crippen molar-refractivity contribution in [2.45, 2.75) is 12.6 Å². The molecule has 3 aromatic rings. The van der Waals surface area contributed by atoms with Crippen LogP contribution in [-0.2, 0) is 17.4 Å².